The number of rotatable bonds is 3. The van der Waals surface area contributed by atoms with Crippen molar-refractivity contribution in [3.63, 3.8) is 0 Å². The fourth-order valence-corrected chi connectivity index (χ4v) is 2.23. The Labute approximate surface area is 115 Å². The zero-order chi connectivity index (χ0) is 13.1. The van der Waals surface area contributed by atoms with Gasteiger partial charge in [-0.05, 0) is 48.2 Å². The maximum Gasteiger partial charge on any atom is 0.123 e. The maximum atomic E-state index is 12.8. The van der Waals surface area contributed by atoms with Crippen molar-refractivity contribution in [3.05, 3.63) is 69.4 Å². The van der Waals surface area contributed by atoms with Crippen molar-refractivity contribution in [2.75, 3.05) is 0 Å². The van der Waals surface area contributed by atoms with E-state index in [4.69, 9.17) is 5.73 Å². The average Bonchev–Trinajstić information content (AvgIpc) is 2.35. The minimum Gasteiger partial charge on any atom is -0.324 e. The second kappa shape index (κ2) is 5.63. The van der Waals surface area contributed by atoms with Gasteiger partial charge in [0, 0.05) is 10.5 Å². The van der Waals surface area contributed by atoms with Crippen molar-refractivity contribution in [3.8, 4) is 0 Å². The smallest absolute Gasteiger partial charge is 0.123 e. The normalized spacial score (nSPS) is 12.4. The van der Waals surface area contributed by atoms with E-state index in [1.54, 1.807) is 12.1 Å². The lowest BCUT2D eigenvalue weighted by Gasteiger charge is -2.13. The first-order valence-corrected chi connectivity index (χ1v) is 6.61. The van der Waals surface area contributed by atoms with Gasteiger partial charge in [-0.1, -0.05) is 40.2 Å². The monoisotopic (exact) mass is 307 g/mol. The van der Waals surface area contributed by atoms with Crippen molar-refractivity contribution in [2.24, 2.45) is 5.73 Å². The van der Waals surface area contributed by atoms with Crippen molar-refractivity contribution >= 4 is 15.9 Å². The molecule has 0 bridgehead atoms. The SMILES string of the molecule is Cc1ccc(C(N)Cc2ccc(F)cc2)cc1Br. The Morgan fingerprint density at radius 2 is 1.83 bits per heavy atom. The summed E-state index contributed by atoms with van der Waals surface area (Å²) in [5.41, 5.74) is 9.48. The van der Waals surface area contributed by atoms with E-state index < -0.39 is 0 Å². The summed E-state index contributed by atoms with van der Waals surface area (Å²) in [7, 11) is 0. The number of halogens is 2. The molecule has 0 fully saturated rings. The molecule has 0 aliphatic heterocycles. The van der Waals surface area contributed by atoms with Crippen LogP contribution in [0, 0.1) is 12.7 Å². The van der Waals surface area contributed by atoms with E-state index in [0.717, 1.165) is 15.6 Å². The second-order valence-electron chi connectivity index (χ2n) is 4.45. The minimum atomic E-state index is -0.217. The standard InChI is InChI=1S/C15H15BrFN/c1-10-2-5-12(9-14(10)16)15(18)8-11-3-6-13(17)7-4-11/h2-7,9,15H,8,18H2,1H3. The highest BCUT2D eigenvalue weighted by molar-refractivity contribution is 9.10. The third-order valence-corrected chi connectivity index (χ3v) is 3.85. The molecule has 0 amide bonds. The average molecular weight is 308 g/mol. The predicted molar refractivity (Wildman–Crippen MR) is 75.9 cm³/mol. The van der Waals surface area contributed by atoms with Crippen molar-refractivity contribution in [1.29, 1.82) is 0 Å². The van der Waals surface area contributed by atoms with Crippen LogP contribution in [-0.4, -0.2) is 0 Å². The van der Waals surface area contributed by atoms with Gasteiger partial charge < -0.3 is 5.73 Å². The molecular formula is C15H15BrFN. The summed E-state index contributed by atoms with van der Waals surface area (Å²) < 4.78 is 13.9. The molecule has 0 aliphatic carbocycles. The largest absolute Gasteiger partial charge is 0.324 e. The molecule has 0 radical (unpaired) electrons. The molecule has 0 saturated carbocycles. The van der Waals surface area contributed by atoms with Crippen molar-refractivity contribution in [1.82, 2.24) is 0 Å². The number of aryl methyl sites for hydroxylation is 1. The van der Waals surface area contributed by atoms with Crippen LogP contribution in [0.25, 0.3) is 0 Å². The van der Waals surface area contributed by atoms with Gasteiger partial charge in [-0.15, -0.1) is 0 Å². The molecule has 2 aromatic carbocycles. The van der Waals surface area contributed by atoms with E-state index >= 15 is 0 Å². The molecule has 0 heterocycles. The van der Waals surface area contributed by atoms with Gasteiger partial charge in [-0.3, -0.25) is 0 Å². The Morgan fingerprint density at radius 3 is 2.44 bits per heavy atom. The van der Waals surface area contributed by atoms with Gasteiger partial charge in [0.1, 0.15) is 5.82 Å². The van der Waals surface area contributed by atoms with Crippen LogP contribution in [-0.2, 0) is 6.42 Å². The summed E-state index contributed by atoms with van der Waals surface area (Å²) >= 11 is 3.50. The molecule has 2 rings (SSSR count). The second-order valence-corrected chi connectivity index (χ2v) is 5.30. The first-order valence-electron chi connectivity index (χ1n) is 5.82. The molecule has 0 spiro atoms. The van der Waals surface area contributed by atoms with Gasteiger partial charge in [-0.2, -0.15) is 0 Å². The first-order chi connectivity index (χ1) is 8.56. The Morgan fingerprint density at radius 1 is 1.17 bits per heavy atom. The van der Waals surface area contributed by atoms with Gasteiger partial charge in [0.25, 0.3) is 0 Å². The van der Waals surface area contributed by atoms with Crippen LogP contribution in [0.3, 0.4) is 0 Å². The summed E-state index contributed by atoms with van der Waals surface area (Å²) in [6.45, 7) is 2.04. The van der Waals surface area contributed by atoms with Crippen LogP contribution in [0.4, 0.5) is 4.39 Å². The lowest BCUT2D eigenvalue weighted by Crippen LogP contribution is -2.13. The molecule has 94 valence electrons. The van der Waals surface area contributed by atoms with E-state index in [9.17, 15) is 4.39 Å². The summed E-state index contributed by atoms with van der Waals surface area (Å²) in [5.74, 6) is -0.217. The maximum absolute atomic E-state index is 12.8. The fraction of sp³-hybridized carbons (Fsp3) is 0.200. The molecule has 1 unspecified atom stereocenters. The highest BCUT2D eigenvalue weighted by Gasteiger charge is 2.08. The Kier molecular flexibility index (Phi) is 4.15. The van der Waals surface area contributed by atoms with Crippen molar-refractivity contribution in [2.45, 2.75) is 19.4 Å². The van der Waals surface area contributed by atoms with Crippen LogP contribution in [0.5, 0.6) is 0 Å². The lowest BCUT2D eigenvalue weighted by atomic mass is 9.99. The van der Waals surface area contributed by atoms with Gasteiger partial charge in [-0.25, -0.2) is 4.39 Å². The number of hydrogen-bond acceptors (Lipinski definition) is 1. The predicted octanol–water partition coefficient (Wildman–Crippen LogP) is 4.14. The zero-order valence-electron chi connectivity index (χ0n) is 10.2. The third kappa shape index (κ3) is 3.18. The van der Waals surface area contributed by atoms with Gasteiger partial charge in [0.05, 0.1) is 0 Å². The van der Waals surface area contributed by atoms with Crippen LogP contribution >= 0.6 is 15.9 Å². The van der Waals surface area contributed by atoms with Gasteiger partial charge >= 0.3 is 0 Å². The quantitative estimate of drug-likeness (QED) is 0.906. The summed E-state index contributed by atoms with van der Waals surface area (Å²) in [5, 5.41) is 0. The molecular weight excluding hydrogens is 293 g/mol. The molecule has 3 heteroatoms. The van der Waals surface area contributed by atoms with Crippen LogP contribution < -0.4 is 5.73 Å². The van der Waals surface area contributed by atoms with E-state index in [1.807, 2.05) is 25.1 Å². The first kappa shape index (κ1) is 13.2. The highest BCUT2D eigenvalue weighted by atomic mass is 79.9. The van der Waals surface area contributed by atoms with Crippen LogP contribution in [0.2, 0.25) is 0 Å². The molecule has 2 aromatic rings. The minimum absolute atomic E-state index is 0.0765. The molecule has 18 heavy (non-hydrogen) atoms. The summed E-state index contributed by atoms with van der Waals surface area (Å²) in [6, 6.07) is 12.5. The van der Waals surface area contributed by atoms with Gasteiger partial charge in [0.2, 0.25) is 0 Å². The lowest BCUT2D eigenvalue weighted by molar-refractivity contribution is 0.625. The summed E-state index contributed by atoms with van der Waals surface area (Å²) in [6.07, 6.45) is 0.704. The number of benzene rings is 2. The number of nitrogens with two attached hydrogens (primary N) is 1. The van der Waals surface area contributed by atoms with E-state index in [-0.39, 0.29) is 11.9 Å². The number of hydrogen-bond donors (Lipinski definition) is 1. The Bertz CT molecular complexity index is 537. The topological polar surface area (TPSA) is 26.0 Å². The highest BCUT2D eigenvalue weighted by Crippen LogP contribution is 2.23. The van der Waals surface area contributed by atoms with Gasteiger partial charge in [0.15, 0.2) is 0 Å². The summed E-state index contributed by atoms with van der Waals surface area (Å²) in [4.78, 5) is 0. The Balaban J connectivity index is 2.13. The zero-order valence-corrected chi connectivity index (χ0v) is 11.7. The van der Waals surface area contributed by atoms with E-state index in [0.29, 0.717) is 6.42 Å². The molecule has 0 aliphatic rings. The molecule has 0 saturated heterocycles. The van der Waals surface area contributed by atoms with Crippen LogP contribution in [0.15, 0.2) is 46.9 Å². The molecule has 1 nitrogen and oxygen atoms in total. The van der Waals surface area contributed by atoms with Crippen molar-refractivity contribution < 1.29 is 4.39 Å². The Hall–Kier alpha value is -1.19. The van der Waals surface area contributed by atoms with E-state index in [1.165, 1.54) is 17.7 Å². The fourth-order valence-electron chi connectivity index (χ4n) is 1.83. The van der Waals surface area contributed by atoms with E-state index in [2.05, 4.69) is 15.9 Å². The third-order valence-electron chi connectivity index (χ3n) is 2.99. The molecule has 0 aromatic heterocycles. The molecule has 1 atom stereocenters. The van der Waals surface area contributed by atoms with Crippen LogP contribution in [0.1, 0.15) is 22.7 Å². The molecule has 2 N–H and O–H groups in total.